The summed E-state index contributed by atoms with van der Waals surface area (Å²) in [5, 5.41) is 7.58. The van der Waals surface area contributed by atoms with E-state index in [1.54, 1.807) is 11.3 Å². The van der Waals surface area contributed by atoms with E-state index in [-0.39, 0.29) is 11.9 Å². The van der Waals surface area contributed by atoms with Gasteiger partial charge in [0.05, 0.1) is 0 Å². The molecule has 1 saturated heterocycles. The Morgan fingerprint density at radius 1 is 1.17 bits per heavy atom. The molecule has 4 heteroatoms. The lowest BCUT2D eigenvalue weighted by Crippen LogP contribution is -2.41. The Bertz CT molecular complexity index is 651. The Labute approximate surface area is 141 Å². The van der Waals surface area contributed by atoms with E-state index in [0.29, 0.717) is 12.1 Å². The predicted octanol–water partition coefficient (Wildman–Crippen LogP) is 3.90. The van der Waals surface area contributed by atoms with E-state index in [4.69, 9.17) is 0 Å². The molecule has 23 heavy (non-hydrogen) atoms. The second-order valence-corrected chi connectivity index (χ2v) is 7.33. The van der Waals surface area contributed by atoms with Gasteiger partial charge in [0.25, 0.3) is 0 Å². The van der Waals surface area contributed by atoms with Crippen molar-refractivity contribution in [2.45, 2.75) is 43.8 Å². The fourth-order valence-electron chi connectivity index (χ4n) is 3.56. The predicted molar refractivity (Wildman–Crippen MR) is 93.3 cm³/mol. The summed E-state index contributed by atoms with van der Waals surface area (Å²) < 4.78 is 0. The van der Waals surface area contributed by atoms with E-state index in [1.165, 1.54) is 5.56 Å². The van der Waals surface area contributed by atoms with E-state index in [2.05, 4.69) is 39.2 Å². The monoisotopic (exact) mass is 326 g/mol. The molecule has 1 N–H and O–H groups in total. The molecule has 2 atom stereocenters. The minimum atomic E-state index is -0.177. The molecule has 2 aromatic rings. The third kappa shape index (κ3) is 3.19. The zero-order valence-corrected chi connectivity index (χ0v) is 14.0. The van der Waals surface area contributed by atoms with Crippen LogP contribution in [0.25, 0.3) is 0 Å². The molecule has 2 fully saturated rings. The smallest absolute Gasteiger partial charge is 0.242 e. The largest absolute Gasteiger partial charge is 0.352 e. The minimum Gasteiger partial charge on any atom is -0.352 e. The van der Waals surface area contributed by atoms with Crippen LogP contribution in [0.1, 0.15) is 48.9 Å². The van der Waals surface area contributed by atoms with E-state index in [1.807, 2.05) is 18.2 Å². The number of hydrogen-bond donors (Lipinski definition) is 1. The molecular formula is C19H22N2OS. The SMILES string of the molecule is O=C(NC1CC1)[C@@H](c1ccccc1)N1CCC[C@H]1c1ccsc1. The van der Waals surface area contributed by atoms with Crippen molar-refractivity contribution in [3.63, 3.8) is 0 Å². The third-order valence-corrected chi connectivity index (χ3v) is 5.54. The van der Waals surface area contributed by atoms with Crippen molar-refractivity contribution >= 4 is 17.2 Å². The maximum absolute atomic E-state index is 12.9. The van der Waals surface area contributed by atoms with Gasteiger partial charge in [-0.25, -0.2) is 0 Å². The van der Waals surface area contributed by atoms with Crippen LogP contribution < -0.4 is 5.32 Å². The number of benzene rings is 1. The zero-order valence-electron chi connectivity index (χ0n) is 13.2. The van der Waals surface area contributed by atoms with Gasteiger partial charge in [0.2, 0.25) is 5.91 Å². The molecule has 1 aliphatic carbocycles. The highest BCUT2D eigenvalue weighted by Crippen LogP contribution is 2.39. The van der Waals surface area contributed by atoms with Crippen molar-refractivity contribution in [3.8, 4) is 0 Å². The van der Waals surface area contributed by atoms with Crippen molar-refractivity contribution in [2.75, 3.05) is 6.54 Å². The van der Waals surface area contributed by atoms with Crippen molar-refractivity contribution in [1.82, 2.24) is 10.2 Å². The number of carbonyl (C=O) groups is 1. The average molecular weight is 326 g/mol. The number of hydrogen-bond acceptors (Lipinski definition) is 3. The van der Waals surface area contributed by atoms with Crippen LogP contribution in [0.2, 0.25) is 0 Å². The van der Waals surface area contributed by atoms with E-state index < -0.39 is 0 Å². The molecule has 0 unspecified atom stereocenters. The highest BCUT2D eigenvalue weighted by Gasteiger charge is 2.38. The number of rotatable bonds is 5. The first kappa shape index (κ1) is 14.9. The Balaban J connectivity index is 1.64. The summed E-state index contributed by atoms with van der Waals surface area (Å²) in [7, 11) is 0. The first-order valence-electron chi connectivity index (χ1n) is 8.46. The van der Waals surface area contributed by atoms with Crippen LogP contribution in [0, 0.1) is 0 Å². The Kier molecular flexibility index (Phi) is 4.19. The van der Waals surface area contributed by atoms with Gasteiger partial charge in [-0.2, -0.15) is 11.3 Å². The van der Waals surface area contributed by atoms with Crippen LogP contribution in [-0.4, -0.2) is 23.4 Å². The standard InChI is InChI=1S/C19H22N2OS/c22-19(20-16-8-9-16)18(14-5-2-1-3-6-14)21-11-4-7-17(21)15-10-12-23-13-15/h1-3,5-6,10,12-13,16-18H,4,7-9,11H2,(H,20,22)/t17-,18+/m0/s1. The van der Waals surface area contributed by atoms with Crippen LogP contribution in [-0.2, 0) is 4.79 Å². The molecule has 120 valence electrons. The fraction of sp³-hybridized carbons (Fsp3) is 0.421. The van der Waals surface area contributed by atoms with Gasteiger partial charge in [-0.15, -0.1) is 0 Å². The quantitative estimate of drug-likeness (QED) is 0.903. The van der Waals surface area contributed by atoms with E-state index >= 15 is 0 Å². The molecule has 4 rings (SSSR count). The van der Waals surface area contributed by atoms with E-state index in [0.717, 1.165) is 37.8 Å². The molecule has 0 spiro atoms. The highest BCUT2D eigenvalue weighted by molar-refractivity contribution is 7.07. The van der Waals surface area contributed by atoms with Gasteiger partial charge in [0, 0.05) is 12.1 Å². The average Bonchev–Trinajstić information content (AvgIpc) is 3.04. The summed E-state index contributed by atoms with van der Waals surface area (Å²) in [6.45, 7) is 0.984. The highest BCUT2D eigenvalue weighted by atomic mass is 32.1. The molecule has 2 aliphatic rings. The lowest BCUT2D eigenvalue weighted by Gasteiger charge is -2.32. The summed E-state index contributed by atoms with van der Waals surface area (Å²) in [6.07, 6.45) is 4.54. The second-order valence-electron chi connectivity index (χ2n) is 6.55. The van der Waals surface area contributed by atoms with Gasteiger partial charge >= 0.3 is 0 Å². The molecular weight excluding hydrogens is 304 g/mol. The summed E-state index contributed by atoms with van der Waals surface area (Å²) in [5.74, 6) is 0.167. The van der Waals surface area contributed by atoms with Crippen LogP contribution in [0.15, 0.2) is 47.2 Å². The maximum Gasteiger partial charge on any atom is 0.242 e. The number of amides is 1. The second kappa shape index (κ2) is 6.46. The number of nitrogens with zero attached hydrogens (tertiary/aromatic N) is 1. The van der Waals surface area contributed by atoms with Crippen molar-refractivity contribution in [1.29, 1.82) is 0 Å². The zero-order chi connectivity index (χ0) is 15.6. The molecule has 1 amide bonds. The lowest BCUT2D eigenvalue weighted by molar-refractivity contribution is -0.127. The van der Waals surface area contributed by atoms with Crippen molar-refractivity contribution in [3.05, 3.63) is 58.3 Å². The third-order valence-electron chi connectivity index (χ3n) is 4.84. The normalized spacial score (nSPS) is 22.9. The Hall–Kier alpha value is -1.65. The topological polar surface area (TPSA) is 32.3 Å². The maximum atomic E-state index is 12.9. The van der Waals surface area contributed by atoms with Gasteiger partial charge in [-0.3, -0.25) is 9.69 Å². The van der Waals surface area contributed by atoms with Crippen LogP contribution in [0.4, 0.5) is 0 Å². The number of thiophene rings is 1. The number of likely N-dealkylation sites (tertiary alicyclic amines) is 1. The van der Waals surface area contributed by atoms with Crippen molar-refractivity contribution < 1.29 is 4.79 Å². The van der Waals surface area contributed by atoms with Gasteiger partial charge in [0.15, 0.2) is 0 Å². The molecule has 0 radical (unpaired) electrons. The van der Waals surface area contributed by atoms with Gasteiger partial charge < -0.3 is 5.32 Å². The molecule has 3 nitrogen and oxygen atoms in total. The molecule has 1 saturated carbocycles. The first-order valence-corrected chi connectivity index (χ1v) is 9.40. The Morgan fingerprint density at radius 3 is 2.70 bits per heavy atom. The van der Waals surface area contributed by atoms with Crippen molar-refractivity contribution in [2.24, 2.45) is 0 Å². The van der Waals surface area contributed by atoms with Crippen LogP contribution >= 0.6 is 11.3 Å². The molecule has 1 aromatic carbocycles. The summed E-state index contributed by atoms with van der Waals surface area (Å²) >= 11 is 1.74. The van der Waals surface area contributed by atoms with E-state index in [9.17, 15) is 4.79 Å². The molecule has 2 heterocycles. The first-order chi connectivity index (χ1) is 11.3. The minimum absolute atomic E-state index is 0.167. The van der Waals surface area contributed by atoms with Crippen LogP contribution in [0.5, 0.6) is 0 Å². The number of carbonyl (C=O) groups excluding carboxylic acids is 1. The van der Waals surface area contributed by atoms with Crippen LogP contribution in [0.3, 0.4) is 0 Å². The molecule has 1 aromatic heterocycles. The fourth-order valence-corrected chi connectivity index (χ4v) is 4.26. The lowest BCUT2D eigenvalue weighted by atomic mass is 10.0. The summed E-state index contributed by atoms with van der Waals surface area (Å²) in [4.78, 5) is 15.3. The van der Waals surface area contributed by atoms with Gasteiger partial charge in [-0.05, 0) is 60.2 Å². The van der Waals surface area contributed by atoms with Gasteiger partial charge in [-0.1, -0.05) is 30.3 Å². The number of nitrogens with one attached hydrogen (secondary N) is 1. The summed E-state index contributed by atoms with van der Waals surface area (Å²) in [5.41, 5.74) is 2.46. The Morgan fingerprint density at radius 2 is 2.00 bits per heavy atom. The van der Waals surface area contributed by atoms with Gasteiger partial charge in [0.1, 0.15) is 6.04 Å². The molecule has 1 aliphatic heterocycles. The summed E-state index contributed by atoms with van der Waals surface area (Å²) in [6, 6.07) is 13.0. The molecule has 0 bridgehead atoms.